The van der Waals surface area contributed by atoms with E-state index in [4.69, 9.17) is 5.11 Å². The molecule has 0 aromatic heterocycles. The zero-order valence-corrected chi connectivity index (χ0v) is 10.7. The zero-order chi connectivity index (χ0) is 14.3. The molecule has 1 aromatic rings. The van der Waals surface area contributed by atoms with Gasteiger partial charge in [0.1, 0.15) is 11.6 Å². The van der Waals surface area contributed by atoms with E-state index >= 15 is 0 Å². The molecule has 0 aliphatic carbocycles. The highest BCUT2D eigenvalue weighted by atomic mass is 19.1. The topological polar surface area (TPSA) is 61.4 Å². The Kier molecular flexibility index (Phi) is 6.21. The predicted octanol–water partition coefficient (Wildman–Crippen LogP) is 1.92. The highest BCUT2D eigenvalue weighted by Crippen LogP contribution is 2.09. The van der Waals surface area contributed by atoms with Crippen molar-refractivity contribution < 1.29 is 18.7 Å². The lowest BCUT2D eigenvalue weighted by atomic mass is 10.2. The first-order valence-corrected chi connectivity index (χ1v) is 6.12. The number of halogens is 2. The second-order valence-corrected chi connectivity index (χ2v) is 4.33. The van der Waals surface area contributed by atoms with Crippen molar-refractivity contribution in [3.63, 3.8) is 0 Å². The average Bonchev–Trinajstić information content (AvgIpc) is 2.37. The molecule has 0 bridgehead atoms. The van der Waals surface area contributed by atoms with Gasteiger partial charge in [0.2, 0.25) is 0 Å². The van der Waals surface area contributed by atoms with Crippen molar-refractivity contribution in [3.05, 3.63) is 35.4 Å². The van der Waals surface area contributed by atoms with Gasteiger partial charge in [-0.3, -0.25) is 0 Å². The third-order valence-electron chi connectivity index (χ3n) is 2.62. The van der Waals surface area contributed by atoms with E-state index < -0.39 is 17.7 Å². The number of benzene rings is 1. The van der Waals surface area contributed by atoms with Crippen LogP contribution in [0.1, 0.15) is 25.3 Å². The van der Waals surface area contributed by atoms with E-state index in [1.807, 2.05) is 0 Å². The van der Waals surface area contributed by atoms with Crippen molar-refractivity contribution in [1.82, 2.24) is 10.6 Å². The SMILES string of the molecule is CC(CCCO)NC(=O)NCc1cc(F)ccc1F. The minimum Gasteiger partial charge on any atom is -0.396 e. The molecule has 6 heteroatoms. The number of carbonyl (C=O) groups excluding carboxylic acids is 1. The van der Waals surface area contributed by atoms with E-state index in [0.29, 0.717) is 12.8 Å². The van der Waals surface area contributed by atoms with Gasteiger partial charge < -0.3 is 15.7 Å². The van der Waals surface area contributed by atoms with Crippen molar-refractivity contribution >= 4 is 6.03 Å². The number of carbonyl (C=O) groups is 1. The lowest BCUT2D eigenvalue weighted by Gasteiger charge is -2.14. The molecule has 0 fully saturated rings. The molecular formula is C13H18F2N2O2. The minimum absolute atomic E-state index is 0.0716. The zero-order valence-electron chi connectivity index (χ0n) is 10.7. The van der Waals surface area contributed by atoms with Crippen LogP contribution in [0.15, 0.2) is 18.2 Å². The van der Waals surface area contributed by atoms with Crippen LogP contribution in [-0.2, 0) is 6.54 Å². The number of hydrogen-bond donors (Lipinski definition) is 3. The van der Waals surface area contributed by atoms with Crippen molar-refractivity contribution in [2.75, 3.05) is 6.61 Å². The Balaban J connectivity index is 2.39. The molecule has 0 spiro atoms. The first-order chi connectivity index (χ1) is 9.02. The molecule has 4 nitrogen and oxygen atoms in total. The van der Waals surface area contributed by atoms with Crippen molar-refractivity contribution in [2.45, 2.75) is 32.4 Å². The van der Waals surface area contributed by atoms with Crippen LogP contribution >= 0.6 is 0 Å². The van der Waals surface area contributed by atoms with E-state index in [1.54, 1.807) is 6.92 Å². The highest BCUT2D eigenvalue weighted by Gasteiger charge is 2.08. The summed E-state index contributed by atoms with van der Waals surface area (Å²) < 4.78 is 26.2. The fraction of sp³-hybridized carbons (Fsp3) is 0.462. The van der Waals surface area contributed by atoms with Gasteiger partial charge in [-0.15, -0.1) is 0 Å². The molecule has 1 rings (SSSR count). The van der Waals surface area contributed by atoms with Crippen LogP contribution in [0.4, 0.5) is 13.6 Å². The van der Waals surface area contributed by atoms with Crippen LogP contribution in [0.5, 0.6) is 0 Å². The Morgan fingerprint density at radius 2 is 2.16 bits per heavy atom. The summed E-state index contributed by atoms with van der Waals surface area (Å²) in [6.45, 7) is 1.79. The van der Waals surface area contributed by atoms with E-state index in [9.17, 15) is 13.6 Å². The summed E-state index contributed by atoms with van der Waals surface area (Å²) in [6.07, 6.45) is 1.25. The molecule has 3 N–H and O–H groups in total. The first kappa shape index (κ1) is 15.4. The molecule has 0 radical (unpaired) electrons. The third kappa shape index (κ3) is 5.65. The van der Waals surface area contributed by atoms with E-state index in [2.05, 4.69) is 10.6 Å². The number of aliphatic hydroxyl groups excluding tert-OH is 1. The van der Waals surface area contributed by atoms with Crippen LogP contribution in [0.3, 0.4) is 0 Å². The number of hydrogen-bond acceptors (Lipinski definition) is 2. The van der Waals surface area contributed by atoms with Gasteiger partial charge in [0, 0.05) is 24.8 Å². The summed E-state index contributed by atoms with van der Waals surface area (Å²) in [5.74, 6) is -1.11. The van der Waals surface area contributed by atoms with Crippen LogP contribution in [0.25, 0.3) is 0 Å². The Bertz CT molecular complexity index is 427. The quantitative estimate of drug-likeness (QED) is 0.741. The third-order valence-corrected chi connectivity index (χ3v) is 2.62. The van der Waals surface area contributed by atoms with Crippen LogP contribution < -0.4 is 10.6 Å². The molecule has 0 aliphatic heterocycles. The molecule has 1 unspecified atom stereocenters. The maximum absolute atomic E-state index is 13.3. The van der Waals surface area contributed by atoms with Gasteiger partial charge in [-0.05, 0) is 38.0 Å². The smallest absolute Gasteiger partial charge is 0.315 e. The number of amides is 2. The summed E-state index contributed by atoms with van der Waals surface area (Å²) in [6, 6.07) is 2.55. The maximum Gasteiger partial charge on any atom is 0.315 e. The average molecular weight is 272 g/mol. The molecule has 1 atom stereocenters. The molecule has 106 valence electrons. The Labute approximate surface area is 110 Å². The normalized spacial score (nSPS) is 12.0. The molecule has 0 saturated heterocycles. The molecule has 19 heavy (non-hydrogen) atoms. The second kappa shape index (κ2) is 7.68. The summed E-state index contributed by atoms with van der Waals surface area (Å²) in [4.78, 5) is 11.5. The van der Waals surface area contributed by atoms with Gasteiger partial charge in [0.05, 0.1) is 0 Å². The Morgan fingerprint density at radius 1 is 1.42 bits per heavy atom. The van der Waals surface area contributed by atoms with E-state index in [1.165, 1.54) is 0 Å². The second-order valence-electron chi connectivity index (χ2n) is 4.33. The first-order valence-electron chi connectivity index (χ1n) is 6.12. The van der Waals surface area contributed by atoms with Gasteiger partial charge in [-0.25, -0.2) is 13.6 Å². The molecule has 0 saturated carbocycles. The lowest BCUT2D eigenvalue weighted by Crippen LogP contribution is -2.40. The van der Waals surface area contributed by atoms with Gasteiger partial charge in [-0.2, -0.15) is 0 Å². The number of urea groups is 1. The Hall–Kier alpha value is -1.69. The van der Waals surface area contributed by atoms with Crippen molar-refractivity contribution in [2.24, 2.45) is 0 Å². The van der Waals surface area contributed by atoms with Crippen molar-refractivity contribution in [3.8, 4) is 0 Å². The highest BCUT2D eigenvalue weighted by molar-refractivity contribution is 5.74. The molecular weight excluding hydrogens is 254 g/mol. The van der Waals surface area contributed by atoms with Crippen molar-refractivity contribution in [1.29, 1.82) is 0 Å². The van der Waals surface area contributed by atoms with Crippen LogP contribution in [-0.4, -0.2) is 23.8 Å². The molecule has 0 heterocycles. The number of aliphatic hydroxyl groups is 1. The van der Waals surface area contributed by atoms with Crippen LogP contribution in [0.2, 0.25) is 0 Å². The van der Waals surface area contributed by atoms with Gasteiger partial charge >= 0.3 is 6.03 Å². The van der Waals surface area contributed by atoms with Gasteiger partial charge in [0.25, 0.3) is 0 Å². The van der Waals surface area contributed by atoms with Gasteiger partial charge in [-0.1, -0.05) is 0 Å². The van der Waals surface area contributed by atoms with Crippen LogP contribution in [0, 0.1) is 11.6 Å². The lowest BCUT2D eigenvalue weighted by molar-refractivity contribution is 0.234. The minimum atomic E-state index is -0.560. The number of rotatable bonds is 6. The summed E-state index contributed by atoms with van der Waals surface area (Å²) in [5, 5.41) is 13.7. The summed E-state index contributed by atoms with van der Waals surface area (Å²) in [7, 11) is 0. The maximum atomic E-state index is 13.3. The summed E-state index contributed by atoms with van der Waals surface area (Å²) >= 11 is 0. The predicted molar refractivity (Wildman–Crippen MR) is 67.5 cm³/mol. The molecule has 2 amide bonds. The standard InChI is InChI=1S/C13H18F2N2O2/c1-9(3-2-6-18)17-13(19)16-8-10-7-11(14)4-5-12(10)15/h4-5,7,9,18H,2-3,6,8H2,1H3,(H2,16,17,19). The molecule has 1 aromatic carbocycles. The Morgan fingerprint density at radius 3 is 2.84 bits per heavy atom. The monoisotopic (exact) mass is 272 g/mol. The summed E-state index contributed by atoms with van der Waals surface area (Å²) in [5.41, 5.74) is 0.0955. The largest absolute Gasteiger partial charge is 0.396 e. The number of nitrogens with one attached hydrogen (secondary N) is 2. The van der Waals surface area contributed by atoms with Gasteiger partial charge in [0.15, 0.2) is 0 Å². The molecule has 0 aliphatic rings. The van der Waals surface area contributed by atoms with E-state index in [-0.39, 0.29) is 24.8 Å². The fourth-order valence-corrected chi connectivity index (χ4v) is 1.60. The fourth-order valence-electron chi connectivity index (χ4n) is 1.60. The van der Waals surface area contributed by atoms with E-state index in [0.717, 1.165) is 18.2 Å².